The van der Waals surface area contributed by atoms with E-state index in [1.165, 1.54) is 0 Å². The van der Waals surface area contributed by atoms with Crippen molar-refractivity contribution in [1.82, 2.24) is 4.90 Å². The van der Waals surface area contributed by atoms with Crippen LogP contribution in [-0.2, 0) is 4.84 Å². The van der Waals surface area contributed by atoms with E-state index in [-0.39, 0.29) is 25.0 Å². The first-order valence-corrected chi connectivity index (χ1v) is 7.45. The van der Waals surface area contributed by atoms with E-state index in [9.17, 15) is 19.7 Å². The molecule has 2 rings (SSSR count). The molecule has 8 nitrogen and oxygen atoms in total. The van der Waals surface area contributed by atoms with Crippen molar-refractivity contribution in [3.8, 4) is 5.75 Å². The molecular formula is C15H18N2O6. The first kappa shape index (κ1) is 16.7. The molecule has 0 spiro atoms. The zero-order valence-corrected chi connectivity index (χ0v) is 12.8. The molecule has 0 unspecified atom stereocenters. The van der Waals surface area contributed by atoms with Crippen molar-refractivity contribution in [2.24, 2.45) is 0 Å². The van der Waals surface area contributed by atoms with Crippen molar-refractivity contribution in [2.45, 2.75) is 26.2 Å². The summed E-state index contributed by atoms with van der Waals surface area (Å²) < 4.78 is 5.47. The van der Waals surface area contributed by atoms with Gasteiger partial charge in [-0.1, -0.05) is 6.92 Å². The lowest BCUT2D eigenvalue weighted by Gasteiger charge is -2.13. The lowest BCUT2D eigenvalue weighted by Crippen LogP contribution is -2.30. The molecule has 0 bridgehead atoms. The Morgan fingerprint density at radius 1 is 1.13 bits per heavy atom. The third kappa shape index (κ3) is 3.97. The van der Waals surface area contributed by atoms with Gasteiger partial charge in [-0.25, -0.2) is 0 Å². The van der Waals surface area contributed by atoms with Gasteiger partial charge in [-0.3, -0.25) is 14.5 Å². The normalized spacial score (nSPS) is 13.2. The van der Waals surface area contributed by atoms with Gasteiger partial charge in [-0.2, -0.15) is 0 Å². The van der Waals surface area contributed by atoms with Crippen LogP contribution in [0.5, 0.6) is 5.75 Å². The molecule has 1 aromatic rings. The minimum atomic E-state index is -0.861. The van der Waals surface area contributed by atoms with Gasteiger partial charge in [-0.15, -0.1) is 10.1 Å². The number of carbonyl (C=O) groups excluding carboxylic acids is 2. The summed E-state index contributed by atoms with van der Waals surface area (Å²) in [5, 5.41) is 9.17. The summed E-state index contributed by atoms with van der Waals surface area (Å²) in [7, 11) is 0. The lowest BCUT2D eigenvalue weighted by molar-refractivity contribution is -0.757. The summed E-state index contributed by atoms with van der Waals surface area (Å²) in [5.74, 6) is -0.141. The van der Waals surface area contributed by atoms with Crippen molar-refractivity contribution >= 4 is 11.8 Å². The highest BCUT2D eigenvalue weighted by atomic mass is 16.9. The molecule has 0 aliphatic carbocycles. The number of nitrogens with zero attached hydrogens (tertiary/aromatic N) is 2. The van der Waals surface area contributed by atoms with Crippen molar-refractivity contribution in [2.75, 3.05) is 19.8 Å². The van der Waals surface area contributed by atoms with Crippen LogP contribution in [-0.4, -0.2) is 41.6 Å². The number of amides is 2. The molecule has 2 amide bonds. The van der Waals surface area contributed by atoms with Crippen molar-refractivity contribution in [3.63, 3.8) is 0 Å². The molecule has 0 saturated heterocycles. The fraction of sp³-hybridized carbons (Fsp3) is 0.467. The number of fused-ring (bicyclic) bond motifs is 1. The van der Waals surface area contributed by atoms with Crippen molar-refractivity contribution in [3.05, 3.63) is 39.4 Å². The highest BCUT2D eigenvalue weighted by Gasteiger charge is 2.35. The maximum absolute atomic E-state index is 12.3. The molecule has 1 heterocycles. The third-order valence-corrected chi connectivity index (χ3v) is 3.39. The fourth-order valence-corrected chi connectivity index (χ4v) is 2.29. The monoisotopic (exact) mass is 322 g/mol. The number of rotatable bonds is 9. The minimum Gasteiger partial charge on any atom is -0.494 e. The van der Waals surface area contributed by atoms with Crippen LogP contribution in [0.3, 0.4) is 0 Å². The van der Waals surface area contributed by atoms with Crippen LogP contribution in [0.2, 0.25) is 0 Å². The second-order valence-corrected chi connectivity index (χ2v) is 5.08. The number of ether oxygens (including phenoxy) is 1. The highest BCUT2D eigenvalue weighted by Crippen LogP contribution is 2.27. The number of hydrogen-bond donors (Lipinski definition) is 0. The van der Waals surface area contributed by atoms with E-state index < -0.39 is 5.09 Å². The second kappa shape index (κ2) is 7.57. The van der Waals surface area contributed by atoms with Crippen LogP contribution >= 0.6 is 0 Å². The maximum atomic E-state index is 12.3. The first-order valence-electron chi connectivity index (χ1n) is 7.45. The van der Waals surface area contributed by atoms with Gasteiger partial charge in [0.1, 0.15) is 5.75 Å². The van der Waals surface area contributed by atoms with Gasteiger partial charge in [-0.05, 0) is 37.5 Å². The number of imide groups is 1. The van der Waals surface area contributed by atoms with E-state index in [1.54, 1.807) is 18.2 Å². The molecule has 8 heteroatoms. The first-order chi connectivity index (χ1) is 11.0. The van der Waals surface area contributed by atoms with E-state index in [2.05, 4.69) is 4.84 Å². The Morgan fingerprint density at radius 2 is 1.87 bits per heavy atom. The van der Waals surface area contributed by atoms with Crippen LogP contribution in [0.1, 0.15) is 46.9 Å². The Labute approximate surface area is 133 Å². The predicted octanol–water partition coefficient (Wildman–Crippen LogP) is 2.06. The Balaban J connectivity index is 1.95. The molecule has 0 saturated carbocycles. The standard InChI is InChI=1S/C15H18N2O6/c1-2-8-22-11-5-6-12-13(10-11)15(19)16(14(12)18)7-3-4-9-23-17(20)21/h5-6,10H,2-4,7-9H2,1H3. The van der Waals surface area contributed by atoms with Gasteiger partial charge >= 0.3 is 0 Å². The zero-order valence-electron chi connectivity index (χ0n) is 12.8. The zero-order chi connectivity index (χ0) is 16.8. The summed E-state index contributed by atoms with van der Waals surface area (Å²) >= 11 is 0. The Kier molecular flexibility index (Phi) is 5.51. The summed E-state index contributed by atoms with van der Waals surface area (Å²) in [6.45, 7) is 2.68. The molecular weight excluding hydrogens is 304 g/mol. The van der Waals surface area contributed by atoms with E-state index in [0.29, 0.717) is 36.3 Å². The number of hydrogen-bond acceptors (Lipinski definition) is 6. The largest absolute Gasteiger partial charge is 0.494 e. The SMILES string of the molecule is CCCOc1ccc2c(c1)C(=O)N(CCCCO[N+](=O)[O-])C2=O. The topological polar surface area (TPSA) is 99.0 Å². The smallest absolute Gasteiger partial charge is 0.294 e. The summed E-state index contributed by atoms with van der Waals surface area (Å²) in [5.41, 5.74) is 0.700. The lowest BCUT2D eigenvalue weighted by atomic mass is 10.1. The number of unbranched alkanes of at least 4 members (excludes halogenated alkanes) is 1. The van der Waals surface area contributed by atoms with Crippen LogP contribution in [0.15, 0.2) is 18.2 Å². The van der Waals surface area contributed by atoms with Crippen LogP contribution in [0.25, 0.3) is 0 Å². The molecule has 0 fully saturated rings. The molecule has 1 aliphatic heterocycles. The average molecular weight is 322 g/mol. The average Bonchev–Trinajstić information content (AvgIpc) is 2.76. The molecule has 0 atom stereocenters. The van der Waals surface area contributed by atoms with E-state index in [1.807, 2.05) is 6.92 Å². The molecule has 0 N–H and O–H groups in total. The summed E-state index contributed by atoms with van der Waals surface area (Å²) in [4.78, 5) is 39.9. The Bertz CT molecular complexity index is 616. The summed E-state index contributed by atoms with van der Waals surface area (Å²) in [6, 6.07) is 4.85. The molecule has 23 heavy (non-hydrogen) atoms. The Hall–Kier alpha value is -2.64. The quantitative estimate of drug-likeness (QED) is 0.299. The van der Waals surface area contributed by atoms with Gasteiger partial charge in [0.05, 0.1) is 24.3 Å². The molecule has 1 aromatic carbocycles. The predicted molar refractivity (Wildman–Crippen MR) is 79.8 cm³/mol. The van der Waals surface area contributed by atoms with Crippen LogP contribution < -0.4 is 4.74 Å². The Morgan fingerprint density at radius 3 is 2.57 bits per heavy atom. The number of benzene rings is 1. The molecule has 124 valence electrons. The van der Waals surface area contributed by atoms with Crippen LogP contribution in [0.4, 0.5) is 0 Å². The molecule has 0 aromatic heterocycles. The maximum Gasteiger partial charge on any atom is 0.294 e. The van der Waals surface area contributed by atoms with Crippen LogP contribution in [0, 0.1) is 10.1 Å². The molecule has 0 radical (unpaired) electrons. The van der Waals surface area contributed by atoms with Gasteiger partial charge in [0, 0.05) is 6.54 Å². The van der Waals surface area contributed by atoms with Gasteiger partial charge in [0.25, 0.3) is 16.9 Å². The molecule has 1 aliphatic rings. The van der Waals surface area contributed by atoms with E-state index in [4.69, 9.17) is 4.74 Å². The third-order valence-electron chi connectivity index (χ3n) is 3.39. The second-order valence-electron chi connectivity index (χ2n) is 5.08. The van der Waals surface area contributed by atoms with Gasteiger partial charge in [0.15, 0.2) is 0 Å². The van der Waals surface area contributed by atoms with E-state index >= 15 is 0 Å². The highest BCUT2D eigenvalue weighted by molar-refractivity contribution is 6.21. The van der Waals surface area contributed by atoms with Crippen molar-refractivity contribution < 1.29 is 24.3 Å². The van der Waals surface area contributed by atoms with Crippen molar-refractivity contribution in [1.29, 1.82) is 0 Å². The van der Waals surface area contributed by atoms with Gasteiger partial charge in [0.2, 0.25) is 0 Å². The fourth-order valence-electron chi connectivity index (χ4n) is 2.29. The number of carbonyl (C=O) groups is 2. The minimum absolute atomic E-state index is 0.0504. The van der Waals surface area contributed by atoms with Gasteiger partial charge < -0.3 is 9.57 Å². The summed E-state index contributed by atoms with van der Waals surface area (Å²) in [6.07, 6.45) is 1.68. The van der Waals surface area contributed by atoms with E-state index in [0.717, 1.165) is 11.3 Å².